The number of hydrogen-bond acceptors (Lipinski definition) is 7. The Bertz CT molecular complexity index is 415. The number of hydrogen-bond donors (Lipinski definition) is 3. The second kappa shape index (κ2) is 23.7. The number of carbonyl (C=O) groups excluding carboxylic acids is 1. The summed E-state index contributed by atoms with van der Waals surface area (Å²) in [5.41, 5.74) is 0. The standard InChI is InChI=1S/C24H46O7/c1-2-3-4-5-6-7-8-9-10-11-12-13-14-15-16-17-24(28)31-30-21-23(27)20-29-19-22(26)18-25/h9-10,22-23,25-27H,2-8,11-21H2,1H3/b10-9-. The number of aliphatic hydroxyl groups excluding tert-OH is 3. The number of ether oxygens (including phenoxy) is 1. The lowest BCUT2D eigenvalue weighted by molar-refractivity contribution is -0.283. The molecule has 31 heavy (non-hydrogen) atoms. The van der Waals surface area contributed by atoms with Crippen molar-refractivity contribution in [2.75, 3.05) is 26.4 Å². The minimum atomic E-state index is -0.975. The quantitative estimate of drug-likeness (QED) is 0.0933. The van der Waals surface area contributed by atoms with Crippen LogP contribution in [0.5, 0.6) is 0 Å². The smallest absolute Gasteiger partial charge is 0.342 e. The van der Waals surface area contributed by atoms with Gasteiger partial charge in [0, 0.05) is 6.42 Å². The Labute approximate surface area is 188 Å². The van der Waals surface area contributed by atoms with Crippen LogP contribution in [0.1, 0.15) is 96.8 Å². The summed E-state index contributed by atoms with van der Waals surface area (Å²) >= 11 is 0. The van der Waals surface area contributed by atoms with Crippen LogP contribution in [0.2, 0.25) is 0 Å². The van der Waals surface area contributed by atoms with Crippen molar-refractivity contribution in [3.8, 4) is 0 Å². The first kappa shape index (κ1) is 30.0. The fourth-order valence-corrected chi connectivity index (χ4v) is 3.00. The molecular weight excluding hydrogens is 400 g/mol. The highest BCUT2D eigenvalue weighted by Gasteiger charge is 2.10. The van der Waals surface area contributed by atoms with Crippen LogP contribution in [0.15, 0.2) is 12.2 Å². The predicted octanol–water partition coefficient (Wildman–Crippen LogP) is 4.23. The molecule has 0 heterocycles. The first-order chi connectivity index (χ1) is 15.1. The summed E-state index contributed by atoms with van der Waals surface area (Å²) in [5, 5.41) is 27.3. The van der Waals surface area contributed by atoms with Crippen LogP contribution in [0.25, 0.3) is 0 Å². The molecule has 3 N–H and O–H groups in total. The maximum absolute atomic E-state index is 11.6. The number of allylic oxidation sites excluding steroid dienone is 2. The molecule has 0 fully saturated rings. The summed E-state index contributed by atoms with van der Waals surface area (Å²) in [4.78, 5) is 20.9. The van der Waals surface area contributed by atoms with Crippen molar-refractivity contribution in [3.63, 3.8) is 0 Å². The van der Waals surface area contributed by atoms with Gasteiger partial charge >= 0.3 is 5.97 Å². The van der Waals surface area contributed by atoms with Crippen LogP contribution < -0.4 is 0 Å². The molecule has 0 aliphatic heterocycles. The van der Waals surface area contributed by atoms with E-state index < -0.39 is 24.8 Å². The SMILES string of the molecule is CCCCCCCC/C=C\CCCCCCCC(=O)OOCC(O)COCC(O)CO. The molecule has 0 aromatic carbocycles. The molecule has 0 aliphatic carbocycles. The number of rotatable bonds is 23. The minimum absolute atomic E-state index is 0.0805. The van der Waals surface area contributed by atoms with Crippen molar-refractivity contribution >= 4 is 5.97 Å². The number of unbranched alkanes of at least 4 members (excludes halogenated alkanes) is 11. The molecule has 2 unspecified atom stereocenters. The molecule has 2 atom stereocenters. The Morgan fingerprint density at radius 1 is 0.774 bits per heavy atom. The van der Waals surface area contributed by atoms with Crippen molar-refractivity contribution in [1.82, 2.24) is 0 Å². The number of aliphatic hydroxyl groups is 3. The molecule has 7 nitrogen and oxygen atoms in total. The van der Waals surface area contributed by atoms with Crippen LogP contribution in [0.4, 0.5) is 0 Å². The second-order valence-electron chi connectivity index (χ2n) is 8.10. The van der Waals surface area contributed by atoms with E-state index >= 15 is 0 Å². The molecule has 0 saturated carbocycles. The average Bonchev–Trinajstić information content (AvgIpc) is 2.76. The fraction of sp³-hybridized carbons (Fsp3) is 0.875. The van der Waals surface area contributed by atoms with Gasteiger partial charge < -0.3 is 20.1 Å². The Morgan fingerprint density at radius 2 is 1.32 bits per heavy atom. The zero-order valence-electron chi connectivity index (χ0n) is 19.5. The van der Waals surface area contributed by atoms with Gasteiger partial charge in [-0.05, 0) is 32.1 Å². The van der Waals surface area contributed by atoms with E-state index in [2.05, 4.69) is 24.0 Å². The Hall–Kier alpha value is -0.990. The first-order valence-electron chi connectivity index (χ1n) is 12.1. The maximum Gasteiger partial charge on any atom is 0.342 e. The fourth-order valence-electron chi connectivity index (χ4n) is 3.00. The molecule has 0 amide bonds. The zero-order valence-corrected chi connectivity index (χ0v) is 19.5. The van der Waals surface area contributed by atoms with Crippen molar-refractivity contribution < 1.29 is 34.6 Å². The second-order valence-corrected chi connectivity index (χ2v) is 8.10. The summed E-state index contributed by atoms with van der Waals surface area (Å²) < 4.78 is 4.98. The van der Waals surface area contributed by atoms with Gasteiger partial charge in [0.1, 0.15) is 18.8 Å². The average molecular weight is 447 g/mol. The molecule has 0 aromatic rings. The van der Waals surface area contributed by atoms with Crippen LogP contribution in [-0.4, -0.2) is 59.9 Å². The van der Waals surface area contributed by atoms with Gasteiger partial charge in [0.25, 0.3) is 0 Å². The zero-order chi connectivity index (χ0) is 23.0. The molecule has 184 valence electrons. The third-order valence-corrected chi connectivity index (χ3v) is 4.89. The van der Waals surface area contributed by atoms with E-state index in [9.17, 15) is 9.90 Å². The van der Waals surface area contributed by atoms with Gasteiger partial charge in [0.2, 0.25) is 0 Å². The lowest BCUT2D eigenvalue weighted by Crippen LogP contribution is -2.26. The summed E-state index contributed by atoms with van der Waals surface area (Å²) in [6.07, 6.45) is 18.6. The third kappa shape index (κ3) is 23.5. The molecule has 7 heteroatoms. The highest BCUT2D eigenvalue weighted by atomic mass is 17.2. The van der Waals surface area contributed by atoms with Crippen LogP contribution in [-0.2, 0) is 19.3 Å². The summed E-state index contributed by atoms with van der Waals surface area (Å²) in [6, 6.07) is 0. The van der Waals surface area contributed by atoms with Crippen molar-refractivity contribution in [2.24, 2.45) is 0 Å². The largest absolute Gasteiger partial charge is 0.394 e. The highest BCUT2D eigenvalue weighted by molar-refractivity contribution is 5.68. The predicted molar refractivity (Wildman–Crippen MR) is 121 cm³/mol. The molecule has 0 saturated heterocycles. The molecule has 0 radical (unpaired) electrons. The first-order valence-corrected chi connectivity index (χ1v) is 12.1. The third-order valence-electron chi connectivity index (χ3n) is 4.89. The van der Waals surface area contributed by atoms with E-state index in [1.165, 1.54) is 57.8 Å². The van der Waals surface area contributed by atoms with Gasteiger partial charge in [-0.2, -0.15) is 4.89 Å². The molecule has 0 aromatic heterocycles. The van der Waals surface area contributed by atoms with Crippen molar-refractivity contribution in [2.45, 2.75) is 109 Å². The van der Waals surface area contributed by atoms with Crippen molar-refractivity contribution in [3.05, 3.63) is 12.2 Å². The van der Waals surface area contributed by atoms with Gasteiger partial charge in [-0.25, -0.2) is 4.79 Å². The van der Waals surface area contributed by atoms with Gasteiger partial charge in [0.15, 0.2) is 0 Å². The van der Waals surface area contributed by atoms with E-state index in [4.69, 9.17) is 19.8 Å². The van der Waals surface area contributed by atoms with Crippen LogP contribution >= 0.6 is 0 Å². The van der Waals surface area contributed by atoms with Gasteiger partial charge in [-0.1, -0.05) is 70.4 Å². The van der Waals surface area contributed by atoms with E-state index in [0.717, 1.165) is 25.7 Å². The Balaban J connectivity index is 3.34. The lowest BCUT2D eigenvalue weighted by Gasteiger charge is -2.12. The van der Waals surface area contributed by atoms with Gasteiger partial charge in [-0.3, -0.25) is 4.89 Å². The molecule has 0 rings (SSSR count). The normalized spacial score (nSPS) is 13.5. The van der Waals surface area contributed by atoms with Crippen LogP contribution in [0.3, 0.4) is 0 Å². The summed E-state index contributed by atoms with van der Waals surface area (Å²) in [5.74, 6) is -0.443. The van der Waals surface area contributed by atoms with Crippen LogP contribution in [0, 0.1) is 0 Å². The Morgan fingerprint density at radius 3 is 1.94 bits per heavy atom. The lowest BCUT2D eigenvalue weighted by atomic mass is 10.1. The number of carbonyl (C=O) groups is 1. The van der Waals surface area contributed by atoms with E-state index in [1.54, 1.807) is 0 Å². The summed E-state index contributed by atoms with van der Waals surface area (Å²) in [7, 11) is 0. The van der Waals surface area contributed by atoms with E-state index in [1.807, 2.05) is 0 Å². The van der Waals surface area contributed by atoms with E-state index in [-0.39, 0.29) is 19.8 Å². The van der Waals surface area contributed by atoms with E-state index in [0.29, 0.717) is 6.42 Å². The molecule has 0 spiro atoms. The van der Waals surface area contributed by atoms with Crippen molar-refractivity contribution in [1.29, 1.82) is 0 Å². The molecule has 0 aliphatic rings. The van der Waals surface area contributed by atoms with Gasteiger partial charge in [0.05, 0.1) is 19.8 Å². The maximum atomic E-state index is 11.6. The minimum Gasteiger partial charge on any atom is -0.394 e. The highest BCUT2D eigenvalue weighted by Crippen LogP contribution is 2.10. The monoisotopic (exact) mass is 446 g/mol. The molecular formula is C24H46O7. The topological polar surface area (TPSA) is 105 Å². The summed E-state index contributed by atoms with van der Waals surface area (Å²) in [6.45, 7) is 1.48. The Kier molecular flexibility index (Phi) is 22.9. The molecule has 0 bridgehead atoms. The van der Waals surface area contributed by atoms with Gasteiger partial charge in [-0.15, -0.1) is 0 Å².